The topological polar surface area (TPSA) is 73.3 Å². The first-order valence-corrected chi connectivity index (χ1v) is 9.68. The number of ether oxygens (including phenoxy) is 4. The molecule has 0 heterocycles. The van der Waals surface area contributed by atoms with Gasteiger partial charge in [-0.25, -0.2) is 4.99 Å². The van der Waals surface area contributed by atoms with Crippen molar-refractivity contribution in [1.29, 1.82) is 0 Å². The van der Waals surface area contributed by atoms with Gasteiger partial charge in [-0.05, 0) is 36.8 Å². The Labute approximate surface area is 173 Å². The molecule has 29 heavy (non-hydrogen) atoms. The number of guanidine groups is 1. The zero-order valence-corrected chi connectivity index (χ0v) is 17.7. The number of hydrogen-bond acceptors (Lipinski definition) is 5. The Morgan fingerprint density at radius 3 is 2.52 bits per heavy atom. The van der Waals surface area contributed by atoms with Gasteiger partial charge in [0.1, 0.15) is 5.75 Å². The molecule has 0 bridgehead atoms. The van der Waals surface area contributed by atoms with Gasteiger partial charge in [0, 0.05) is 38.4 Å². The molecule has 0 amide bonds. The first kappa shape index (κ1) is 22.4. The van der Waals surface area contributed by atoms with Crippen LogP contribution in [0.1, 0.15) is 18.9 Å². The molecule has 7 nitrogen and oxygen atoms in total. The van der Waals surface area contributed by atoms with Crippen LogP contribution in [-0.2, 0) is 11.3 Å². The zero-order valence-electron chi connectivity index (χ0n) is 17.7. The Kier molecular flexibility index (Phi) is 9.65. The summed E-state index contributed by atoms with van der Waals surface area (Å²) >= 11 is 0. The molecule has 0 aliphatic carbocycles. The van der Waals surface area contributed by atoms with Crippen LogP contribution in [0.25, 0.3) is 0 Å². The molecule has 2 rings (SSSR count). The van der Waals surface area contributed by atoms with Gasteiger partial charge >= 0.3 is 0 Å². The first-order chi connectivity index (χ1) is 14.2. The molecular weight excluding hydrogens is 370 g/mol. The van der Waals surface area contributed by atoms with E-state index in [1.54, 1.807) is 21.3 Å². The van der Waals surface area contributed by atoms with Gasteiger partial charge in [-0.2, -0.15) is 0 Å². The SMILES string of the molecule is CCNC(=NCc1cccc(OCCCOC)c1)Nc1ccc(OC)c(OC)c1. The van der Waals surface area contributed by atoms with Crippen molar-refractivity contribution in [2.24, 2.45) is 4.99 Å². The lowest BCUT2D eigenvalue weighted by molar-refractivity contribution is 0.172. The van der Waals surface area contributed by atoms with Gasteiger partial charge in [-0.15, -0.1) is 0 Å². The Hall–Kier alpha value is -2.93. The summed E-state index contributed by atoms with van der Waals surface area (Å²) in [6.45, 7) is 4.63. The molecule has 0 aliphatic rings. The number of benzene rings is 2. The summed E-state index contributed by atoms with van der Waals surface area (Å²) in [6.07, 6.45) is 0.860. The molecule has 2 aromatic rings. The predicted molar refractivity (Wildman–Crippen MR) is 116 cm³/mol. The number of hydrogen-bond donors (Lipinski definition) is 2. The van der Waals surface area contributed by atoms with Crippen LogP contribution in [0.5, 0.6) is 17.2 Å². The van der Waals surface area contributed by atoms with Gasteiger partial charge in [0.25, 0.3) is 0 Å². The molecule has 0 fully saturated rings. The average molecular weight is 402 g/mol. The Balaban J connectivity index is 2.03. The highest BCUT2D eigenvalue weighted by atomic mass is 16.5. The van der Waals surface area contributed by atoms with E-state index in [0.717, 1.165) is 30.0 Å². The molecule has 0 spiro atoms. The van der Waals surface area contributed by atoms with Crippen LogP contribution in [0.4, 0.5) is 5.69 Å². The quantitative estimate of drug-likeness (QED) is 0.340. The summed E-state index contributed by atoms with van der Waals surface area (Å²) in [5.41, 5.74) is 1.93. The summed E-state index contributed by atoms with van der Waals surface area (Å²) in [6, 6.07) is 13.6. The van der Waals surface area contributed by atoms with E-state index in [0.29, 0.717) is 37.2 Å². The minimum Gasteiger partial charge on any atom is -0.493 e. The van der Waals surface area contributed by atoms with Gasteiger partial charge < -0.3 is 29.6 Å². The predicted octanol–water partition coefficient (Wildman–Crippen LogP) is 3.70. The number of aliphatic imine (C=N–C) groups is 1. The van der Waals surface area contributed by atoms with Crippen LogP contribution in [0, 0.1) is 0 Å². The lowest BCUT2D eigenvalue weighted by Crippen LogP contribution is -2.30. The molecule has 0 aromatic heterocycles. The van der Waals surface area contributed by atoms with E-state index in [9.17, 15) is 0 Å². The molecule has 2 N–H and O–H groups in total. The summed E-state index contributed by atoms with van der Waals surface area (Å²) in [4.78, 5) is 4.67. The van der Waals surface area contributed by atoms with Crippen molar-refractivity contribution in [3.63, 3.8) is 0 Å². The Bertz CT molecular complexity index is 780. The molecule has 2 aromatic carbocycles. The summed E-state index contributed by atoms with van der Waals surface area (Å²) in [7, 11) is 4.92. The van der Waals surface area contributed by atoms with Crippen LogP contribution >= 0.6 is 0 Å². The second-order valence-electron chi connectivity index (χ2n) is 6.23. The van der Waals surface area contributed by atoms with Gasteiger partial charge in [0.05, 0.1) is 27.4 Å². The number of anilines is 1. The lowest BCUT2D eigenvalue weighted by atomic mass is 10.2. The summed E-state index contributed by atoms with van der Waals surface area (Å²) in [5, 5.41) is 6.55. The van der Waals surface area contributed by atoms with Gasteiger partial charge in [0.2, 0.25) is 0 Å². The zero-order chi connectivity index (χ0) is 20.9. The van der Waals surface area contributed by atoms with Gasteiger partial charge in [-0.1, -0.05) is 12.1 Å². The van der Waals surface area contributed by atoms with Crippen molar-refractivity contribution >= 4 is 11.6 Å². The summed E-state index contributed by atoms with van der Waals surface area (Å²) < 4.78 is 21.4. The largest absolute Gasteiger partial charge is 0.493 e. The molecule has 0 saturated heterocycles. The average Bonchev–Trinajstić information content (AvgIpc) is 2.75. The van der Waals surface area contributed by atoms with E-state index in [1.807, 2.05) is 49.4 Å². The monoisotopic (exact) mass is 401 g/mol. The summed E-state index contributed by atoms with van der Waals surface area (Å²) in [5.74, 6) is 2.87. The van der Waals surface area contributed by atoms with Gasteiger partial charge in [0.15, 0.2) is 17.5 Å². The van der Waals surface area contributed by atoms with Crippen molar-refractivity contribution in [3.05, 3.63) is 48.0 Å². The van der Waals surface area contributed by atoms with Crippen molar-refractivity contribution in [1.82, 2.24) is 5.32 Å². The fraction of sp³-hybridized carbons (Fsp3) is 0.409. The highest BCUT2D eigenvalue weighted by Crippen LogP contribution is 2.29. The molecule has 0 atom stereocenters. The molecule has 0 aliphatic heterocycles. The Morgan fingerprint density at radius 1 is 0.966 bits per heavy atom. The third kappa shape index (κ3) is 7.54. The fourth-order valence-electron chi connectivity index (χ4n) is 2.66. The molecule has 0 saturated carbocycles. The minimum absolute atomic E-state index is 0.526. The molecule has 158 valence electrons. The highest BCUT2D eigenvalue weighted by Gasteiger charge is 2.06. The molecule has 0 unspecified atom stereocenters. The maximum Gasteiger partial charge on any atom is 0.196 e. The van der Waals surface area contributed by atoms with E-state index in [2.05, 4.69) is 15.6 Å². The highest BCUT2D eigenvalue weighted by molar-refractivity contribution is 5.93. The van der Waals surface area contributed by atoms with Crippen LogP contribution in [-0.4, -0.2) is 47.0 Å². The third-order valence-electron chi connectivity index (χ3n) is 4.07. The second kappa shape index (κ2) is 12.5. The molecule has 0 radical (unpaired) electrons. The van der Waals surface area contributed by atoms with Gasteiger partial charge in [-0.3, -0.25) is 0 Å². The van der Waals surface area contributed by atoms with E-state index in [-0.39, 0.29) is 0 Å². The molecular formula is C22H31N3O4. The van der Waals surface area contributed by atoms with Crippen molar-refractivity contribution in [3.8, 4) is 17.2 Å². The normalized spacial score (nSPS) is 11.1. The first-order valence-electron chi connectivity index (χ1n) is 9.68. The third-order valence-corrected chi connectivity index (χ3v) is 4.07. The van der Waals surface area contributed by atoms with Crippen LogP contribution in [0.15, 0.2) is 47.5 Å². The maximum absolute atomic E-state index is 5.76. The van der Waals surface area contributed by atoms with Crippen molar-refractivity contribution < 1.29 is 18.9 Å². The van der Waals surface area contributed by atoms with E-state index in [1.165, 1.54) is 0 Å². The number of methoxy groups -OCH3 is 3. The van der Waals surface area contributed by atoms with E-state index < -0.39 is 0 Å². The molecule has 7 heteroatoms. The smallest absolute Gasteiger partial charge is 0.196 e. The fourth-order valence-corrected chi connectivity index (χ4v) is 2.66. The van der Waals surface area contributed by atoms with Crippen LogP contribution < -0.4 is 24.8 Å². The number of nitrogens with zero attached hydrogens (tertiary/aromatic N) is 1. The number of rotatable bonds is 11. The standard InChI is InChI=1S/C22H31N3O4/c1-5-23-22(25-18-10-11-20(27-3)21(15-18)28-4)24-16-17-8-6-9-19(14-17)29-13-7-12-26-2/h6,8-11,14-15H,5,7,12-13,16H2,1-4H3,(H2,23,24,25). The lowest BCUT2D eigenvalue weighted by Gasteiger charge is -2.14. The van der Waals surface area contributed by atoms with Crippen molar-refractivity contribution in [2.75, 3.05) is 46.4 Å². The van der Waals surface area contributed by atoms with Crippen molar-refractivity contribution in [2.45, 2.75) is 19.9 Å². The van der Waals surface area contributed by atoms with E-state index >= 15 is 0 Å². The second-order valence-corrected chi connectivity index (χ2v) is 6.23. The Morgan fingerprint density at radius 2 is 1.79 bits per heavy atom. The minimum atomic E-state index is 0.526. The van der Waals surface area contributed by atoms with Crippen LogP contribution in [0.3, 0.4) is 0 Å². The van der Waals surface area contributed by atoms with E-state index in [4.69, 9.17) is 18.9 Å². The van der Waals surface area contributed by atoms with Crippen LogP contribution in [0.2, 0.25) is 0 Å². The number of nitrogens with one attached hydrogen (secondary N) is 2. The maximum atomic E-state index is 5.76.